The van der Waals surface area contributed by atoms with Crippen molar-refractivity contribution in [3.63, 3.8) is 0 Å². The van der Waals surface area contributed by atoms with E-state index in [1.54, 1.807) is 26.0 Å². The highest BCUT2D eigenvalue weighted by atomic mass is 16.6. The number of unbranched alkanes of at least 4 members (excludes halogenated alkanes) is 2. The van der Waals surface area contributed by atoms with Crippen LogP contribution in [-0.4, -0.2) is 60.5 Å². The highest BCUT2D eigenvalue weighted by Gasteiger charge is 2.07. The zero-order valence-electron chi connectivity index (χ0n) is 17.0. The van der Waals surface area contributed by atoms with Crippen molar-refractivity contribution in [2.24, 2.45) is 0 Å². The molecule has 0 fully saturated rings. The molecular formula is C20H30O9. The maximum absolute atomic E-state index is 11.7. The van der Waals surface area contributed by atoms with Crippen LogP contribution in [0.4, 0.5) is 0 Å². The van der Waals surface area contributed by atoms with Crippen LogP contribution in [0.5, 0.6) is 0 Å². The molecule has 0 saturated carbocycles. The molecule has 0 aliphatic carbocycles. The first-order chi connectivity index (χ1) is 13.7. The van der Waals surface area contributed by atoms with Gasteiger partial charge in [-0.2, -0.15) is 0 Å². The lowest BCUT2D eigenvalue weighted by molar-refractivity contribution is -0.142. The monoisotopic (exact) mass is 414 g/mol. The molecule has 0 amide bonds. The molecule has 0 rings (SSSR count). The first-order valence-electron chi connectivity index (χ1n) is 9.43. The summed E-state index contributed by atoms with van der Waals surface area (Å²) in [6.45, 7) is 3.60. The number of carboxylic acid groups (broad SMARTS) is 2. The van der Waals surface area contributed by atoms with Crippen LogP contribution in [0.2, 0.25) is 0 Å². The minimum Gasteiger partial charge on any atom is -0.481 e. The molecule has 0 aliphatic rings. The number of hydrogen-bond acceptors (Lipinski definition) is 7. The van der Waals surface area contributed by atoms with E-state index in [4.69, 9.17) is 24.4 Å². The van der Waals surface area contributed by atoms with E-state index in [2.05, 4.69) is 0 Å². The molecule has 0 saturated heterocycles. The summed E-state index contributed by atoms with van der Waals surface area (Å²) in [6, 6.07) is 0. The number of hydrogen-bond donors (Lipinski definition) is 2. The predicted octanol–water partition coefficient (Wildman–Crippen LogP) is 2.49. The van der Waals surface area contributed by atoms with E-state index >= 15 is 0 Å². The van der Waals surface area contributed by atoms with E-state index in [0.717, 1.165) is 0 Å². The molecule has 0 atom stereocenters. The Bertz CT molecular complexity index is 553. The molecule has 9 heteroatoms. The summed E-state index contributed by atoms with van der Waals surface area (Å²) in [5, 5.41) is 17.1. The minimum atomic E-state index is -0.872. The molecule has 0 aliphatic heterocycles. The summed E-state index contributed by atoms with van der Waals surface area (Å²) in [6.07, 6.45) is 5.28. The van der Waals surface area contributed by atoms with Gasteiger partial charge in [-0.3, -0.25) is 9.59 Å². The van der Waals surface area contributed by atoms with Crippen molar-refractivity contribution in [1.82, 2.24) is 0 Å². The van der Waals surface area contributed by atoms with Crippen LogP contribution >= 0.6 is 0 Å². The molecule has 0 bridgehead atoms. The lowest BCUT2D eigenvalue weighted by Gasteiger charge is -2.08. The van der Waals surface area contributed by atoms with Crippen molar-refractivity contribution in [3.8, 4) is 0 Å². The highest BCUT2D eigenvalue weighted by Crippen LogP contribution is 2.04. The molecular weight excluding hydrogens is 384 g/mol. The van der Waals surface area contributed by atoms with Crippen molar-refractivity contribution in [3.05, 3.63) is 23.3 Å². The van der Waals surface area contributed by atoms with E-state index in [1.807, 2.05) is 0 Å². The van der Waals surface area contributed by atoms with E-state index < -0.39 is 23.9 Å². The summed E-state index contributed by atoms with van der Waals surface area (Å²) in [5.74, 6) is -2.72. The third kappa shape index (κ3) is 16.0. The average Bonchev–Trinajstić information content (AvgIpc) is 2.66. The fourth-order valence-corrected chi connectivity index (χ4v) is 2.03. The summed E-state index contributed by atoms with van der Waals surface area (Å²) in [4.78, 5) is 44.2. The quantitative estimate of drug-likeness (QED) is 0.222. The lowest BCUT2D eigenvalue weighted by atomic mass is 10.2. The van der Waals surface area contributed by atoms with Crippen molar-refractivity contribution in [2.45, 2.75) is 52.4 Å². The second kappa shape index (κ2) is 16.3. The average molecular weight is 414 g/mol. The molecule has 29 heavy (non-hydrogen) atoms. The van der Waals surface area contributed by atoms with E-state index in [1.165, 1.54) is 0 Å². The first-order valence-corrected chi connectivity index (χ1v) is 9.43. The minimum absolute atomic E-state index is 0.0512. The molecule has 0 aromatic rings. The highest BCUT2D eigenvalue weighted by molar-refractivity contribution is 5.88. The number of allylic oxidation sites excluding steroid dienone is 2. The largest absolute Gasteiger partial charge is 0.481 e. The third-order valence-corrected chi connectivity index (χ3v) is 3.66. The van der Waals surface area contributed by atoms with Gasteiger partial charge in [0.25, 0.3) is 0 Å². The number of rotatable bonds is 16. The lowest BCUT2D eigenvalue weighted by Crippen LogP contribution is -2.15. The number of carbonyl (C=O) groups is 4. The first kappa shape index (κ1) is 26.3. The maximum atomic E-state index is 11.7. The van der Waals surface area contributed by atoms with Crippen molar-refractivity contribution >= 4 is 23.9 Å². The van der Waals surface area contributed by atoms with Crippen LogP contribution in [0.3, 0.4) is 0 Å². The molecule has 0 unspecified atom stereocenters. The van der Waals surface area contributed by atoms with Crippen LogP contribution in [0.1, 0.15) is 52.4 Å². The van der Waals surface area contributed by atoms with Crippen LogP contribution in [0, 0.1) is 0 Å². The Morgan fingerprint density at radius 3 is 1.41 bits per heavy atom. The fourth-order valence-electron chi connectivity index (χ4n) is 2.03. The zero-order valence-corrected chi connectivity index (χ0v) is 17.0. The molecule has 0 spiro atoms. The van der Waals surface area contributed by atoms with Crippen LogP contribution < -0.4 is 0 Å². The van der Waals surface area contributed by atoms with Gasteiger partial charge in [0.1, 0.15) is 13.2 Å². The van der Waals surface area contributed by atoms with E-state index in [-0.39, 0.29) is 39.3 Å². The van der Waals surface area contributed by atoms with Gasteiger partial charge >= 0.3 is 23.9 Å². The van der Waals surface area contributed by atoms with Gasteiger partial charge in [-0.15, -0.1) is 0 Å². The van der Waals surface area contributed by atoms with Crippen LogP contribution in [0.25, 0.3) is 0 Å². The molecule has 0 aromatic carbocycles. The second-order valence-electron chi connectivity index (χ2n) is 6.23. The summed E-state index contributed by atoms with van der Waals surface area (Å²) < 4.78 is 15.2. The van der Waals surface area contributed by atoms with Gasteiger partial charge in [0, 0.05) is 24.0 Å². The normalized spacial score (nSPS) is 11.8. The Morgan fingerprint density at radius 2 is 1.07 bits per heavy atom. The van der Waals surface area contributed by atoms with E-state index in [0.29, 0.717) is 36.8 Å². The van der Waals surface area contributed by atoms with Crippen LogP contribution in [0.15, 0.2) is 23.3 Å². The summed E-state index contributed by atoms with van der Waals surface area (Å²) in [7, 11) is 0. The standard InChI is InChI=1S/C20H30O9/c1-15(7-3-5-9-17(21)22)19(25)28-13-11-27-12-14-29-20(26)16(2)8-4-6-10-18(23)24/h7-8H,3-6,9-14H2,1-2H3,(H,21,22)(H,23,24). The smallest absolute Gasteiger partial charge is 0.333 e. The number of aliphatic carboxylic acids is 2. The third-order valence-electron chi connectivity index (χ3n) is 3.66. The van der Waals surface area contributed by atoms with Gasteiger partial charge in [0.05, 0.1) is 13.2 Å². The van der Waals surface area contributed by atoms with Crippen molar-refractivity contribution in [2.75, 3.05) is 26.4 Å². The number of carboxylic acids is 2. The Morgan fingerprint density at radius 1 is 0.690 bits per heavy atom. The van der Waals surface area contributed by atoms with Crippen LogP contribution in [-0.2, 0) is 33.4 Å². The van der Waals surface area contributed by atoms with Gasteiger partial charge in [-0.1, -0.05) is 12.2 Å². The molecule has 0 radical (unpaired) electrons. The van der Waals surface area contributed by atoms with Gasteiger partial charge < -0.3 is 24.4 Å². The number of esters is 2. The van der Waals surface area contributed by atoms with Gasteiger partial charge in [0.15, 0.2) is 0 Å². The topological polar surface area (TPSA) is 136 Å². The predicted molar refractivity (Wildman–Crippen MR) is 103 cm³/mol. The Labute approximate surface area is 170 Å². The maximum Gasteiger partial charge on any atom is 0.333 e. The molecule has 2 N–H and O–H groups in total. The second-order valence-corrected chi connectivity index (χ2v) is 6.23. The number of ether oxygens (including phenoxy) is 3. The SMILES string of the molecule is CC(=CCCCC(=O)O)C(=O)OCCOCCOC(=O)C(C)=CCCCC(=O)O. The van der Waals surface area contributed by atoms with Crippen molar-refractivity contribution < 1.29 is 43.6 Å². The van der Waals surface area contributed by atoms with Gasteiger partial charge in [-0.25, -0.2) is 9.59 Å². The molecule has 164 valence electrons. The molecule has 0 heterocycles. The Balaban J connectivity index is 3.78. The Kier molecular flexibility index (Phi) is 14.8. The van der Waals surface area contributed by atoms with E-state index in [9.17, 15) is 19.2 Å². The number of carbonyl (C=O) groups excluding carboxylic acids is 2. The zero-order chi connectivity index (χ0) is 22.1. The van der Waals surface area contributed by atoms with Gasteiger partial charge in [-0.05, 0) is 39.5 Å². The molecule has 0 aromatic heterocycles. The summed E-state index contributed by atoms with van der Waals surface area (Å²) in [5.41, 5.74) is 0.824. The Hall–Kier alpha value is -2.68. The van der Waals surface area contributed by atoms with Gasteiger partial charge in [0.2, 0.25) is 0 Å². The van der Waals surface area contributed by atoms with Crippen molar-refractivity contribution in [1.29, 1.82) is 0 Å². The fraction of sp³-hybridized carbons (Fsp3) is 0.600. The molecule has 9 nitrogen and oxygen atoms in total. The summed E-state index contributed by atoms with van der Waals surface area (Å²) >= 11 is 0.